The van der Waals surface area contributed by atoms with Gasteiger partial charge < -0.3 is 9.88 Å². The number of hydrogen-bond acceptors (Lipinski definition) is 6. The highest BCUT2D eigenvalue weighted by Crippen LogP contribution is 2.32. The predicted molar refractivity (Wildman–Crippen MR) is 116 cm³/mol. The largest absolute Gasteiger partial charge is 0.307 e. The van der Waals surface area contributed by atoms with E-state index in [1.807, 2.05) is 24.4 Å². The van der Waals surface area contributed by atoms with Gasteiger partial charge in [0.1, 0.15) is 23.0 Å². The molecule has 0 bridgehead atoms. The van der Waals surface area contributed by atoms with Crippen molar-refractivity contribution in [2.75, 3.05) is 11.9 Å². The maximum Gasteiger partial charge on any atom is 0.275 e. The lowest BCUT2D eigenvalue weighted by Gasteiger charge is -2.28. The van der Waals surface area contributed by atoms with Gasteiger partial charge in [0.25, 0.3) is 5.91 Å². The van der Waals surface area contributed by atoms with E-state index >= 15 is 0 Å². The number of aromatic nitrogens is 5. The average molecular weight is 416 g/mol. The minimum absolute atomic E-state index is 0.240. The average Bonchev–Trinajstić information content (AvgIpc) is 3.45. The van der Waals surface area contributed by atoms with Crippen molar-refractivity contribution in [1.82, 2.24) is 29.6 Å². The second-order valence-electron chi connectivity index (χ2n) is 8.85. The van der Waals surface area contributed by atoms with Crippen molar-refractivity contribution < 1.29 is 4.79 Å². The predicted octanol–water partition coefficient (Wildman–Crippen LogP) is 3.02. The molecule has 0 aromatic carbocycles. The van der Waals surface area contributed by atoms with Gasteiger partial charge in [0.2, 0.25) is 0 Å². The molecule has 3 aliphatic rings. The van der Waals surface area contributed by atoms with Gasteiger partial charge in [0, 0.05) is 37.8 Å². The quantitative estimate of drug-likeness (QED) is 0.705. The van der Waals surface area contributed by atoms with Gasteiger partial charge in [0.05, 0.1) is 0 Å². The van der Waals surface area contributed by atoms with Crippen LogP contribution >= 0.6 is 0 Å². The van der Waals surface area contributed by atoms with Crippen LogP contribution in [0.2, 0.25) is 0 Å². The molecule has 1 amide bonds. The van der Waals surface area contributed by atoms with E-state index in [-0.39, 0.29) is 5.91 Å². The fourth-order valence-electron chi connectivity index (χ4n) is 4.74. The molecule has 0 unspecified atom stereocenters. The number of nitrogens with zero attached hydrogens (tertiary/aromatic N) is 6. The first-order valence-corrected chi connectivity index (χ1v) is 11.1. The van der Waals surface area contributed by atoms with Crippen LogP contribution in [0, 0.1) is 0 Å². The molecule has 8 nitrogen and oxygen atoms in total. The summed E-state index contributed by atoms with van der Waals surface area (Å²) < 4.78 is 2.14. The van der Waals surface area contributed by atoms with Crippen LogP contribution in [0.25, 0.3) is 11.5 Å². The summed E-state index contributed by atoms with van der Waals surface area (Å²) in [5.74, 6) is 2.00. The molecule has 3 aromatic heterocycles. The molecule has 3 aromatic rings. The van der Waals surface area contributed by atoms with Crippen molar-refractivity contribution in [2.45, 2.75) is 57.7 Å². The van der Waals surface area contributed by atoms with Gasteiger partial charge in [-0.15, -0.1) is 10.2 Å². The zero-order valence-electron chi connectivity index (χ0n) is 17.6. The number of anilines is 1. The summed E-state index contributed by atoms with van der Waals surface area (Å²) in [4.78, 5) is 24.5. The molecule has 1 saturated carbocycles. The normalized spacial score (nSPS) is 20.4. The van der Waals surface area contributed by atoms with Crippen molar-refractivity contribution in [3.63, 3.8) is 0 Å². The summed E-state index contributed by atoms with van der Waals surface area (Å²) in [7, 11) is 0. The summed E-state index contributed by atoms with van der Waals surface area (Å²) in [6, 6.07) is 8.60. The third-order valence-electron chi connectivity index (χ3n) is 6.63. The lowest BCUT2D eigenvalue weighted by atomic mass is 10.0. The molecule has 31 heavy (non-hydrogen) atoms. The van der Waals surface area contributed by atoms with Crippen LogP contribution in [-0.2, 0) is 19.4 Å². The Hall–Kier alpha value is -3.13. The molecule has 1 fully saturated rings. The third-order valence-corrected chi connectivity index (χ3v) is 6.63. The molecule has 0 radical (unpaired) electrons. The monoisotopic (exact) mass is 415 g/mol. The number of aryl methyl sites for hydroxylation is 1. The van der Waals surface area contributed by atoms with Crippen molar-refractivity contribution in [3.8, 4) is 11.5 Å². The third kappa shape index (κ3) is 3.40. The number of rotatable bonds is 4. The summed E-state index contributed by atoms with van der Waals surface area (Å²) in [5.41, 5.74) is 3.61. The lowest BCUT2D eigenvalue weighted by molar-refractivity contribution is 0.102. The number of nitrogens with one attached hydrogen (secondary N) is 1. The molecule has 0 saturated heterocycles. The van der Waals surface area contributed by atoms with Crippen LogP contribution in [0.5, 0.6) is 0 Å². The standard InChI is InChI=1S/C23H25N7O/c1-14-5-8-21-27-28-22(30(14)21)18-3-2-4-20(25-18)26-23(31)19-11-16-13-29(17-6-7-17)10-9-15(16)12-24-19/h2-4,11-12,14,17H,5-10,13H2,1H3,(H,25,26,31)/t14-/m1/s1. The summed E-state index contributed by atoms with van der Waals surface area (Å²) >= 11 is 0. The fourth-order valence-corrected chi connectivity index (χ4v) is 4.74. The summed E-state index contributed by atoms with van der Waals surface area (Å²) in [6.07, 6.45) is 7.46. The Kier molecular flexibility index (Phi) is 4.34. The molecule has 1 atom stereocenters. The van der Waals surface area contributed by atoms with Crippen molar-refractivity contribution >= 4 is 11.7 Å². The first-order chi connectivity index (χ1) is 15.2. The Morgan fingerprint density at radius 3 is 2.90 bits per heavy atom. The number of carbonyl (C=O) groups is 1. The first-order valence-electron chi connectivity index (χ1n) is 11.1. The van der Waals surface area contributed by atoms with Gasteiger partial charge in [-0.3, -0.25) is 14.7 Å². The highest BCUT2D eigenvalue weighted by atomic mass is 16.1. The van der Waals surface area contributed by atoms with E-state index in [1.165, 1.54) is 24.0 Å². The van der Waals surface area contributed by atoms with Crippen molar-refractivity contribution in [2.24, 2.45) is 0 Å². The number of fused-ring (bicyclic) bond motifs is 2. The van der Waals surface area contributed by atoms with Gasteiger partial charge in [0.15, 0.2) is 5.82 Å². The number of pyridine rings is 2. The van der Waals surface area contributed by atoms with Crippen LogP contribution in [0.4, 0.5) is 5.82 Å². The van der Waals surface area contributed by atoms with E-state index in [0.717, 1.165) is 50.0 Å². The summed E-state index contributed by atoms with van der Waals surface area (Å²) in [5, 5.41) is 11.5. The van der Waals surface area contributed by atoms with Crippen molar-refractivity contribution in [3.05, 3.63) is 53.1 Å². The van der Waals surface area contributed by atoms with Gasteiger partial charge in [-0.05, 0) is 61.9 Å². The highest BCUT2D eigenvalue weighted by molar-refractivity contribution is 6.02. The fraction of sp³-hybridized carbons (Fsp3) is 0.435. The van der Waals surface area contributed by atoms with E-state index in [9.17, 15) is 4.79 Å². The molecule has 6 rings (SSSR count). The number of hydrogen-bond donors (Lipinski definition) is 1. The molecular weight excluding hydrogens is 390 g/mol. The SMILES string of the molecule is C[C@@H]1CCc2nnc(-c3cccc(NC(=O)c4cc5c(cn4)CCN(C4CC4)C5)n3)n21. The van der Waals surface area contributed by atoms with Crippen LogP contribution in [-0.4, -0.2) is 48.1 Å². The van der Waals surface area contributed by atoms with Gasteiger partial charge >= 0.3 is 0 Å². The Labute approximate surface area is 180 Å². The van der Waals surface area contributed by atoms with Gasteiger partial charge in [-0.25, -0.2) is 4.98 Å². The maximum absolute atomic E-state index is 12.9. The highest BCUT2D eigenvalue weighted by Gasteiger charge is 2.31. The maximum atomic E-state index is 12.9. The zero-order chi connectivity index (χ0) is 20.9. The molecule has 0 spiro atoms. The molecule has 2 aliphatic heterocycles. The Morgan fingerprint density at radius 1 is 1.13 bits per heavy atom. The van der Waals surface area contributed by atoms with Gasteiger partial charge in [-0.1, -0.05) is 6.07 Å². The molecule has 1 N–H and O–H groups in total. The van der Waals surface area contributed by atoms with E-state index in [1.54, 1.807) is 6.07 Å². The molecule has 158 valence electrons. The minimum Gasteiger partial charge on any atom is -0.307 e. The number of carbonyl (C=O) groups excluding carboxylic acids is 1. The molecular formula is C23H25N7O. The molecule has 1 aliphatic carbocycles. The van der Waals surface area contributed by atoms with Gasteiger partial charge in [-0.2, -0.15) is 0 Å². The number of amides is 1. The van der Waals surface area contributed by atoms with E-state index in [4.69, 9.17) is 0 Å². The van der Waals surface area contributed by atoms with E-state index in [0.29, 0.717) is 23.2 Å². The van der Waals surface area contributed by atoms with Crippen LogP contribution in [0.1, 0.15) is 59.7 Å². The Bertz CT molecular complexity index is 1170. The zero-order valence-corrected chi connectivity index (χ0v) is 17.6. The Morgan fingerprint density at radius 2 is 2.03 bits per heavy atom. The molecule has 5 heterocycles. The van der Waals surface area contributed by atoms with E-state index in [2.05, 4.69) is 41.9 Å². The second kappa shape index (κ2) is 7.23. The Balaban J connectivity index is 1.22. The van der Waals surface area contributed by atoms with E-state index < -0.39 is 0 Å². The topological polar surface area (TPSA) is 88.8 Å². The van der Waals surface area contributed by atoms with Crippen LogP contribution in [0.15, 0.2) is 30.5 Å². The van der Waals surface area contributed by atoms with Crippen LogP contribution in [0.3, 0.4) is 0 Å². The summed E-state index contributed by atoms with van der Waals surface area (Å²) in [6.45, 7) is 4.17. The smallest absolute Gasteiger partial charge is 0.275 e. The van der Waals surface area contributed by atoms with Crippen LogP contribution < -0.4 is 5.32 Å². The molecule has 8 heteroatoms. The second-order valence-corrected chi connectivity index (χ2v) is 8.85. The lowest BCUT2D eigenvalue weighted by Crippen LogP contribution is -2.32. The first kappa shape index (κ1) is 18.6. The van der Waals surface area contributed by atoms with Crippen molar-refractivity contribution in [1.29, 1.82) is 0 Å². The minimum atomic E-state index is -0.240.